The van der Waals surface area contributed by atoms with Crippen molar-refractivity contribution in [3.05, 3.63) is 54.4 Å². The van der Waals surface area contributed by atoms with Crippen molar-refractivity contribution in [3.63, 3.8) is 0 Å². The first-order chi connectivity index (χ1) is 16.2. The number of pyridine rings is 1. The van der Waals surface area contributed by atoms with E-state index in [4.69, 9.17) is 10.5 Å². The number of hydrogen-bond acceptors (Lipinski definition) is 8. The second-order valence-electron chi connectivity index (χ2n) is 8.42. The number of likely N-dealkylation sites (N-methyl/N-ethyl adjacent to an activating group) is 2. The van der Waals surface area contributed by atoms with Gasteiger partial charge in [-0.05, 0) is 39.2 Å². The molecule has 10 heteroatoms. The summed E-state index contributed by atoms with van der Waals surface area (Å²) in [6.07, 6.45) is 5.18. The zero-order valence-electron chi connectivity index (χ0n) is 20.0. The summed E-state index contributed by atoms with van der Waals surface area (Å²) in [5, 5.41) is 3.18. The van der Waals surface area contributed by atoms with E-state index < -0.39 is 5.82 Å². The Kier molecular flexibility index (Phi) is 6.51. The van der Waals surface area contributed by atoms with Crippen LogP contribution in [0.15, 0.2) is 42.9 Å². The highest BCUT2D eigenvalue weighted by molar-refractivity contribution is 5.79. The van der Waals surface area contributed by atoms with Gasteiger partial charge in [0.05, 0.1) is 35.6 Å². The third-order valence-corrected chi connectivity index (χ3v) is 5.47. The average Bonchev–Trinajstić information content (AvgIpc) is 3.18. The fourth-order valence-electron chi connectivity index (χ4n) is 3.67. The van der Waals surface area contributed by atoms with Gasteiger partial charge in [0, 0.05) is 50.4 Å². The Morgan fingerprint density at radius 1 is 1.12 bits per heavy atom. The molecule has 0 amide bonds. The molecule has 34 heavy (non-hydrogen) atoms. The van der Waals surface area contributed by atoms with E-state index in [1.165, 1.54) is 6.07 Å². The van der Waals surface area contributed by atoms with Gasteiger partial charge < -0.3 is 30.0 Å². The lowest BCUT2D eigenvalue weighted by atomic mass is 10.2. The zero-order valence-corrected chi connectivity index (χ0v) is 20.0. The summed E-state index contributed by atoms with van der Waals surface area (Å²) < 4.78 is 21.8. The number of imidazole rings is 1. The van der Waals surface area contributed by atoms with E-state index in [2.05, 4.69) is 30.1 Å². The number of rotatable bonds is 8. The molecule has 0 fully saturated rings. The highest BCUT2D eigenvalue weighted by Gasteiger charge is 2.15. The molecule has 4 aromatic rings. The van der Waals surface area contributed by atoms with Crippen LogP contribution in [0, 0.1) is 12.7 Å². The highest BCUT2D eigenvalue weighted by Crippen LogP contribution is 2.36. The van der Waals surface area contributed by atoms with Gasteiger partial charge in [-0.3, -0.25) is 0 Å². The predicted molar refractivity (Wildman–Crippen MR) is 133 cm³/mol. The van der Waals surface area contributed by atoms with Crippen molar-refractivity contribution in [2.24, 2.45) is 0 Å². The summed E-state index contributed by atoms with van der Waals surface area (Å²) in [6, 6.07) is 6.84. The highest BCUT2D eigenvalue weighted by atomic mass is 19.1. The number of anilines is 4. The molecule has 0 spiro atoms. The molecule has 0 aliphatic heterocycles. The van der Waals surface area contributed by atoms with Gasteiger partial charge in [0.2, 0.25) is 5.95 Å². The normalized spacial score (nSPS) is 11.3. The van der Waals surface area contributed by atoms with Crippen molar-refractivity contribution in [2.75, 3.05) is 57.3 Å². The number of ether oxygens (including phenoxy) is 1. The molecular formula is C24H29FN8O. The molecule has 178 valence electrons. The number of fused-ring (bicyclic) bond motifs is 1. The molecule has 0 saturated carbocycles. The number of methoxy groups -OCH3 is 1. The topological polar surface area (TPSA) is 96.8 Å². The lowest BCUT2D eigenvalue weighted by Gasteiger charge is -2.24. The summed E-state index contributed by atoms with van der Waals surface area (Å²) >= 11 is 0. The van der Waals surface area contributed by atoms with Gasteiger partial charge >= 0.3 is 0 Å². The summed E-state index contributed by atoms with van der Waals surface area (Å²) in [5.41, 5.74) is 10.7. The number of aryl methyl sites for hydroxylation is 1. The standard InChI is InChI=1S/C24H29FN8O/c1-15-13-33-14-16(10-17(25)23(33)28-15)19-6-7-27-24(29-19)30-20-11-18(26)21(12-22(20)34-5)32(4)9-8-31(2)3/h6-7,10-14H,8-9,26H2,1-5H3,(H,27,29,30). The molecule has 9 nitrogen and oxygen atoms in total. The van der Waals surface area contributed by atoms with Gasteiger partial charge in [0.1, 0.15) is 5.75 Å². The first kappa shape index (κ1) is 23.2. The Morgan fingerprint density at radius 3 is 2.65 bits per heavy atom. The van der Waals surface area contributed by atoms with Crippen molar-refractivity contribution in [3.8, 4) is 17.0 Å². The number of benzene rings is 1. The van der Waals surface area contributed by atoms with Crippen LogP contribution in [-0.4, -0.2) is 65.6 Å². The minimum atomic E-state index is -0.415. The smallest absolute Gasteiger partial charge is 0.227 e. The summed E-state index contributed by atoms with van der Waals surface area (Å²) in [7, 11) is 7.65. The lowest BCUT2D eigenvalue weighted by molar-refractivity contribution is 0.413. The Bertz CT molecular complexity index is 1320. The Balaban J connectivity index is 1.62. The molecule has 3 N–H and O–H groups in total. The predicted octanol–water partition coefficient (Wildman–Crippen LogP) is 3.57. The number of nitrogen functional groups attached to an aromatic ring is 1. The molecule has 0 atom stereocenters. The molecule has 0 unspecified atom stereocenters. The fraction of sp³-hybridized carbons (Fsp3) is 0.292. The second kappa shape index (κ2) is 9.52. The van der Waals surface area contributed by atoms with Crippen LogP contribution in [0.3, 0.4) is 0 Å². The molecule has 4 rings (SSSR count). The maximum atomic E-state index is 14.6. The summed E-state index contributed by atoms with van der Waals surface area (Å²) in [4.78, 5) is 17.3. The van der Waals surface area contributed by atoms with Crippen LogP contribution in [0.4, 0.5) is 27.4 Å². The van der Waals surface area contributed by atoms with Crippen molar-refractivity contribution < 1.29 is 9.13 Å². The Hall–Kier alpha value is -3.92. The van der Waals surface area contributed by atoms with E-state index in [0.29, 0.717) is 34.3 Å². The molecule has 0 aliphatic rings. The van der Waals surface area contributed by atoms with Crippen LogP contribution in [0.25, 0.3) is 16.9 Å². The van der Waals surface area contributed by atoms with Crippen LogP contribution in [0.5, 0.6) is 5.75 Å². The van der Waals surface area contributed by atoms with Crippen LogP contribution in [0.2, 0.25) is 0 Å². The third-order valence-electron chi connectivity index (χ3n) is 5.47. The van der Waals surface area contributed by atoms with Crippen LogP contribution < -0.4 is 20.7 Å². The first-order valence-corrected chi connectivity index (χ1v) is 10.8. The average molecular weight is 465 g/mol. The van der Waals surface area contributed by atoms with Crippen molar-refractivity contribution in [2.45, 2.75) is 6.92 Å². The monoisotopic (exact) mass is 464 g/mol. The zero-order chi connectivity index (χ0) is 24.4. The van der Waals surface area contributed by atoms with Gasteiger partial charge in [-0.15, -0.1) is 0 Å². The maximum Gasteiger partial charge on any atom is 0.227 e. The van der Waals surface area contributed by atoms with Gasteiger partial charge in [0.25, 0.3) is 0 Å². The van der Waals surface area contributed by atoms with E-state index in [-0.39, 0.29) is 5.65 Å². The number of nitrogens with one attached hydrogen (secondary N) is 1. The Labute approximate surface area is 198 Å². The minimum absolute atomic E-state index is 0.282. The van der Waals surface area contributed by atoms with Crippen LogP contribution >= 0.6 is 0 Å². The number of aromatic nitrogens is 4. The van der Waals surface area contributed by atoms with Gasteiger partial charge in [0.15, 0.2) is 11.5 Å². The summed E-state index contributed by atoms with van der Waals surface area (Å²) in [5.74, 6) is 0.532. The third kappa shape index (κ3) is 4.86. The minimum Gasteiger partial charge on any atom is -0.494 e. The van der Waals surface area contributed by atoms with Gasteiger partial charge in [-0.2, -0.15) is 0 Å². The molecule has 3 aromatic heterocycles. The van der Waals surface area contributed by atoms with E-state index in [9.17, 15) is 4.39 Å². The largest absolute Gasteiger partial charge is 0.494 e. The number of halogens is 1. The van der Waals surface area contributed by atoms with Crippen LogP contribution in [0.1, 0.15) is 5.69 Å². The van der Waals surface area contributed by atoms with E-state index in [1.54, 1.807) is 42.2 Å². The van der Waals surface area contributed by atoms with Crippen LogP contribution in [-0.2, 0) is 0 Å². The van der Waals surface area contributed by atoms with Gasteiger partial charge in [-0.1, -0.05) is 0 Å². The van der Waals surface area contributed by atoms with E-state index in [1.807, 2.05) is 34.1 Å². The molecular weight excluding hydrogens is 435 g/mol. The molecule has 0 bridgehead atoms. The molecule has 0 saturated heterocycles. The lowest BCUT2D eigenvalue weighted by Crippen LogP contribution is -2.29. The molecule has 0 aliphatic carbocycles. The molecule has 1 aromatic carbocycles. The van der Waals surface area contributed by atoms with Crippen molar-refractivity contribution in [1.82, 2.24) is 24.3 Å². The number of nitrogens with zero attached hydrogens (tertiary/aromatic N) is 6. The van der Waals surface area contributed by atoms with E-state index in [0.717, 1.165) is 24.5 Å². The maximum absolute atomic E-state index is 14.6. The second-order valence-corrected chi connectivity index (χ2v) is 8.42. The molecule has 0 radical (unpaired) electrons. The first-order valence-electron chi connectivity index (χ1n) is 10.8. The number of nitrogens with two attached hydrogens (primary N) is 1. The summed E-state index contributed by atoms with van der Waals surface area (Å²) in [6.45, 7) is 3.53. The van der Waals surface area contributed by atoms with Crippen molar-refractivity contribution in [1.29, 1.82) is 0 Å². The SMILES string of the molecule is COc1cc(N(C)CCN(C)C)c(N)cc1Nc1nccc(-c2cc(F)c3nc(C)cn3c2)n1. The van der Waals surface area contributed by atoms with E-state index >= 15 is 0 Å². The Morgan fingerprint density at radius 2 is 1.91 bits per heavy atom. The quantitative estimate of drug-likeness (QED) is 0.382. The van der Waals surface area contributed by atoms with Crippen molar-refractivity contribution >= 4 is 28.7 Å². The van der Waals surface area contributed by atoms with Gasteiger partial charge in [-0.25, -0.2) is 19.3 Å². The number of hydrogen-bond donors (Lipinski definition) is 2. The molecule has 3 heterocycles. The fourth-order valence-corrected chi connectivity index (χ4v) is 3.67.